The average molecular weight is 300 g/mol. The number of H-pyrrole nitrogens is 1. The summed E-state index contributed by atoms with van der Waals surface area (Å²) in [6.07, 6.45) is 0. The quantitative estimate of drug-likeness (QED) is 0.895. The Labute approximate surface area is 128 Å². The molecule has 5 heteroatoms. The Bertz CT molecular complexity index is 763. The zero-order valence-electron chi connectivity index (χ0n) is 13.0. The van der Waals surface area contributed by atoms with Crippen molar-refractivity contribution in [2.75, 3.05) is 13.1 Å². The molecule has 0 spiro atoms. The van der Waals surface area contributed by atoms with Crippen LogP contribution in [0.15, 0.2) is 18.2 Å². The molecule has 3 rings (SSSR count). The van der Waals surface area contributed by atoms with Gasteiger partial charge in [-0.25, -0.2) is 0 Å². The summed E-state index contributed by atoms with van der Waals surface area (Å²) >= 11 is 0. The maximum Gasteiger partial charge on any atom is 0.308 e. The summed E-state index contributed by atoms with van der Waals surface area (Å²) < 4.78 is 0. The number of carboxylic acid groups (broad SMARTS) is 1. The maximum atomic E-state index is 12.6. The Morgan fingerprint density at radius 2 is 1.95 bits per heavy atom. The van der Waals surface area contributed by atoms with Gasteiger partial charge >= 0.3 is 5.97 Å². The number of aromatic nitrogens is 1. The fourth-order valence-corrected chi connectivity index (χ4v) is 3.34. The van der Waals surface area contributed by atoms with Crippen LogP contribution in [0.1, 0.15) is 28.5 Å². The molecule has 116 valence electrons. The molecular weight excluding hydrogens is 280 g/mol. The summed E-state index contributed by atoms with van der Waals surface area (Å²) in [5.74, 6) is -1.44. The van der Waals surface area contributed by atoms with Crippen LogP contribution in [0.3, 0.4) is 0 Å². The highest BCUT2D eigenvalue weighted by Crippen LogP contribution is 2.27. The average Bonchev–Trinajstić information content (AvgIpc) is 3.01. The molecule has 22 heavy (non-hydrogen) atoms. The van der Waals surface area contributed by atoms with Crippen LogP contribution in [-0.4, -0.2) is 40.0 Å². The Morgan fingerprint density at radius 3 is 2.59 bits per heavy atom. The molecule has 1 saturated heterocycles. The van der Waals surface area contributed by atoms with Crippen molar-refractivity contribution in [3.63, 3.8) is 0 Å². The lowest BCUT2D eigenvalue weighted by Gasteiger charge is -2.14. The number of fused-ring (bicyclic) bond motifs is 1. The van der Waals surface area contributed by atoms with Crippen LogP contribution in [-0.2, 0) is 4.79 Å². The molecule has 1 amide bonds. The normalized spacial score (nSPS) is 21.5. The summed E-state index contributed by atoms with van der Waals surface area (Å²) in [6.45, 7) is 6.70. The fraction of sp³-hybridized carbons (Fsp3) is 0.412. The third-order valence-corrected chi connectivity index (χ3v) is 4.54. The van der Waals surface area contributed by atoms with Crippen molar-refractivity contribution < 1.29 is 14.7 Å². The van der Waals surface area contributed by atoms with Gasteiger partial charge in [0.2, 0.25) is 0 Å². The lowest BCUT2D eigenvalue weighted by molar-refractivity contribution is -0.142. The van der Waals surface area contributed by atoms with E-state index in [9.17, 15) is 14.7 Å². The minimum absolute atomic E-state index is 0.0187. The second-order valence-electron chi connectivity index (χ2n) is 6.36. The van der Waals surface area contributed by atoms with E-state index in [4.69, 9.17) is 0 Å². The zero-order chi connectivity index (χ0) is 16.0. The van der Waals surface area contributed by atoms with Gasteiger partial charge in [-0.15, -0.1) is 0 Å². The largest absolute Gasteiger partial charge is 0.481 e. The van der Waals surface area contributed by atoms with E-state index >= 15 is 0 Å². The summed E-state index contributed by atoms with van der Waals surface area (Å²) in [4.78, 5) is 28.6. The van der Waals surface area contributed by atoms with E-state index in [1.165, 1.54) is 0 Å². The summed E-state index contributed by atoms with van der Waals surface area (Å²) in [5, 5.41) is 10.2. The number of aryl methyl sites for hydroxylation is 2. The number of carbonyl (C=O) groups excluding carboxylic acids is 1. The maximum absolute atomic E-state index is 12.6. The number of carboxylic acids is 1. The van der Waals surface area contributed by atoms with Gasteiger partial charge in [0.05, 0.1) is 5.92 Å². The molecule has 0 saturated carbocycles. The number of nitrogens with zero attached hydrogens (tertiary/aromatic N) is 1. The molecule has 5 nitrogen and oxygen atoms in total. The first-order chi connectivity index (χ1) is 10.4. The molecule has 2 heterocycles. The summed E-state index contributed by atoms with van der Waals surface area (Å²) in [6, 6.07) is 5.97. The van der Waals surface area contributed by atoms with Crippen LogP contribution in [0.25, 0.3) is 10.9 Å². The fourth-order valence-electron chi connectivity index (χ4n) is 3.34. The van der Waals surface area contributed by atoms with Crippen molar-refractivity contribution in [2.45, 2.75) is 20.8 Å². The molecule has 1 aromatic heterocycles. The van der Waals surface area contributed by atoms with Gasteiger partial charge < -0.3 is 15.0 Å². The Balaban J connectivity index is 1.90. The molecule has 1 aromatic carbocycles. The zero-order valence-corrected chi connectivity index (χ0v) is 13.0. The first-order valence-corrected chi connectivity index (χ1v) is 7.49. The van der Waals surface area contributed by atoms with E-state index in [2.05, 4.69) is 11.1 Å². The highest BCUT2D eigenvalue weighted by Gasteiger charge is 2.37. The van der Waals surface area contributed by atoms with Gasteiger partial charge in [0, 0.05) is 24.0 Å². The van der Waals surface area contributed by atoms with Crippen LogP contribution in [0.4, 0.5) is 0 Å². The van der Waals surface area contributed by atoms with Crippen molar-refractivity contribution >= 4 is 22.8 Å². The standard InChI is InChI=1S/C17H20N2O3/c1-9-4-10(2)12-6-15(18-14(12)5-9)16(20)19-7-11(3)13(8-19)17(21)22/h4-6,11,13,18H,7-8H2,1-3H3,(H,21,22)/t11-,13-/m1/s1. The summed E-state index contributed by atoms with van der Waals surface area (Å²) in [5.41, 5.74) is 3.75. The molecule has 1 fully saturated rings. The Hall–Kier alpha value is -2.30. The monoisotopic (exact) mass is 300 g/mol. The second kappa shape index (κ2) is 5.16. The van der Waals surface area contributed by atoms with E-state index < -0.39 is 11.9 Å². The Morgan fingerprint density at radius 1 is 1.23 bits per heavy atom. The van der Waals surface area contributed by atoms with Crippen LogP contribution < -0.4 is 0 Å². The molecule has 0 unspecified atom stereocenters. The van der Waals surface area contributed by atoms with Crippen LogP contribution in [0.5, 0.6) is 0 Å². The molecule has 0 radical (unpaired) electrons. The van der Waals surface area contributed by atoms with Crippen molar-refractivity contribution in [3.8, 4) is 0 Å². The van der Waals surface area contributed by atoms with Gasteiger partial charge in [-0.1, -0.05) is 13.0 Å². The number of aliphatic carboxylic acids is 1. The van der Waals surface area contributed by atoms with Gasteiger partial charge in [-0.3, -0.25) is 9.59 Å². The minimum Gasteiger partial charge on any atom is -0.481 e. The minimum atomic E-state index is -0.828. The van der Waals surface area contributed by atoms with E-state index in [0.29, 0.717) is 12.2 Å². The van der Waals surface area contributed by atoms with Gasteiger partial charge in [0.1, 0.15) is 5.69 Å². The highest BCUT2D eigenvalue weighted by molar-refractivity contribution is 5.99. The molecule has 2 N–H and O–H groups in total. The highest BCUT2D eigenvalue weighted by atomic mass is 16.4. The molecular formula is C17H20N2O3. The third-order valence-electron chi connectivity index (χ3n) is 4.54. The second-order valence-corrected chi connectivity index (χ2v) is 6.36. The number of benzene rings is 1. The van der Waals surface area contributed by atoms with Crippen LogP contribution >= 0.6 is 0 Å². The first-order valence-electron chi connectivity index (χ1n) is 7.49. The number of carbonyl (C=O) groups is 2. The van der Waals surface area contributed by atoms with Crippen LogP contribution in [0, 0.1) is 25.7 Å². The SMILES string of the molecule is Cc1cc(C)c2cc(C(=O)N3C[C@@H](C)[C@H](C(=O)O)C3)[nH]c2c1. The van der Waals surface area contributed by atoms with Crippen LogP contribution in [0.2, 0.25) is 0 Å². The van der Waals surface area contributed by atoms with Crippen molar-refractivity contribution in [1.29, 1.82) is 0 Å². The van der Waals surface area contributed by atoms with E-state index in [-0.39, 0.29) is 18.4 Å². The predicted octanol–water partition coefficient (Wildman–Crippen LogP) is 2.58. The van der Waals surface area contributed by atoms with E-state index in [1.54, 1.807) is 4.90 Å². The smallest absolute Gasteiger partial charge is 0.308 e. The molecule has 1 aliphatic rings. The number of likely N-dealkylation sites (tertiary alicyclic amines) is 1. The molecule has 1 aliphatic heterocycles. The molecule has 2 aromatic rings. The van der Waals surface area contributed by atoms with E-state index in [0.717, 1.165) is 22.0 Å². The number of rotatable bonds is 2. The first kappa shape index (κ1) is 14.6. The number of nitrogens with one attached hydrogen (secondary N) is 1. The molecule has 2 atom stereocenters. The predicted molar refractivity (Wildman–Crippen MR) is 84.0 cm³/mol. The van der Waals surface area contributed by atoms with E-state index in [1.807, 2.05) is 32.9 Å². The third kappa shape index (κ3) is 2.36. The van der Waals surface area contributed by atoms with Gasteiger partial charge in [-0.2, -0.15) is 0 Å². The lowest BCUT2D eigenvalue weighted by Crippen LogP contribution is -2.30. The Kier molecular flexibility index (Phi) is 3.43. The number of hydrogen-bond donors (Lipinski definition) is 2. The van der Waals surface area contributed by atoms with Gasteiger partial charge in [-0.05, 0) is 43.0 Å². The summed E-state index contributed by atoms with van der Waals surface area (Å²) in [7, 11) is 0. The van der Waals surface area contributed by atoms with Gasteiger partial charge in [0.25, 0.3) is 5.91 Å². The van der Waals surface area contributed by atoms with Crippen molar-refractivity contribution in [1.82, 2.24) is 9.88 Å². The topological polar surface area (TPSA) is 73.4 Å². The van der Waals surface area contributed by atoms with Crippen molar-refractivity contribution in [3.05, 3.63) is 35.0 Å². The number of aromatic amines is 1. The van der Waals surface area contributed by atoms with Gasteiger partial charge in [0.15, 0.2) is 0 Å². The number of amides is 1. The number of hydrogen-bond acceptors (Lipinski definition) is 2. The van der Waals surface area contributed by atoms with Crippen molar-refractivity contribution in [2.24, 2.45) is 11.8 Å². The molecule has 0 bridgehead atoms. The molecule has 0 aliphatic carbocycles. The lowest BCUT2D eigenvalue weighted by atomic mass is 9.99.